The molecule has 1 aromatic heterocycles. The summed E-state index contributed by atoms with van der Waals surface area (Å²) in [5.74, 6) is 0.929. The van der Waals surface area contributed by atoms with Crippen LogP contribution in [-0.4, -0.2) is 32.6 Å². The largest absolute Gasteiger partial charge is 0.481 e. The molecular weight excluding hydrogens is 442 g/mol. The zero-order valence-corrected chi connectivity index (χ0v) is 19.2. The second-order valence-corrected chi connectivity index (χ2v) is 9.52. The third-order valence-corrected chi connectivity index (χ3v) is 6.92. The monoisotopic (exact) mass is 465 g/mol. The summed E-state index contributed by atoms with van der Waals surface area (Å²) in [5.41, 5.74) is 0.464. The fourth-order valence-electron chi connectivity index (χ4n) is 3.27. The number of carbonyl (C=O) groups excluding carboxylic acids is 1. The van der Waals surface area contributed by atoms with Gasteiger partial charge in [0.05, 0.1) is 10.6 Å². The maximum atomic E-state index is 13.1. The highest BCUT2D eigenvalue weighted by Crippen LogP contribution is 2.27. The van der Waals surface area contributed by atoms with Crippen molar-refractivity contribution in [1.82, 2.24) is 5.16 Å². The predicted octanol–water partition coefficient (Wildman–Crippen LogP) is 4.37. The van der Waals surface area contributed by atoms with E-state index in [0.717, 1.165) is 10.8 Å². The van der Waals surface area contributed by atoms with Crippen LogP contribution in [0, 0.1) is 6.92 Å². The van der Waals surface area contributed by atoms with Crippen LogP contribution in [0.1, 0.15) is 12.7 Å². The number of rotatable bonds is 7. The van der Waals surface area contributed by atoms with E-state index in [0.29, 0.717) is 23.0 Å². The maximum Gasteiger partial charge on any atom is 0.266 e. The number of ether oxygens (including phenoxy) is 1. The zero-order chi connectivity index (χ0) is 23.6. The van der Waals surface area contributed by atoms with Gasteiger partial charge in [-0.15, -0.1) is 0 Å². The molecule has 0 saturated heterocycles. The smallest absolute Gasteiger partial charge is 0.266 e. The van der Waals surface area contributed by atoms with Crippen LogP contribution in [-0.2, 0) is 14.8 Å². The molecule has 0 aliphatic carbocycles. The van der Waals surface area contributed by atoms with Gasteiger partial charge in [-0.1, -0.05) is 35.5 Å². The van der Waals surface area contributed by atoms with Gasteiger partial charge in [0.1, 0.15) is 11.5 Å². The van der Waals surface area contributed by atoms with Crippen molar-refractivity contribution in [3.05, 3.63) is 78.6 Å². The molecule has 8 nitrogen and oxygen atoms in total. The van der Waals surface area contributed by atoms with Gasteiger partial charge in [0, 0.05) is 13.1 Å². The van der Waals surface area contributed by atoms with Crippen LogP contribution in [0.2, 0.25) is 0 Å². The van der Waals surface area contributed by atoms with Crippen LogP contribution in [0.25, 0.3) is 10.8 Å². The Labute approximate surface area is 191 Å². The summed E-state index contributed by atoms with van der Waals surface area (Å²) >= 11 is 0. The van der Waals surface area contributed by atoms with Crippen molar-refractivity contribution < 1.29 is 22.5 Å². The molecule has 3 aromatic carbocycles. The summed E-state index contributed by atoms with van der Waals surface area (Å²) in [6.07, 6.45) is -0.799. The number of sulfonamides is 1. The summed E-state index contributed by atoms with van der Waals surface area (Å²) < 4.78 is 38.1. The molecule has 1 amide bonds. The maximum absolute atomic E-state index is 13.1. The predicted molar refractivity (Wildman–Crippen MR) is 126 cm³/mol. The minimum atomic E-state index is -3.75. The molecule has 0 radical (unpaired) electrons. The Morgan fingerprint density at radius 1 is 1.03 bits per heavy atom. The Balaban J connectivity index is 1.45. The zero-order valence-electron chi connectivity index (χ0n) is 18.3. The highest BCUT2D eigenvalue weighted by molar-refractivity contribution is 7.92. The lowest BCUT2D eigenvalue weighted by Crippen LogP contribution is -2.30. The summed E-state index contributed by atoms with van der Waals surface area (Å²) in [5, 5.41) is 8.14. The van der Waals surface area contributed by atoms with Crippen LogP contribution >= 0.6 is 0 Å². The molecule has 4 aromatic rings. The highest BCUT2D eigenvalue weighted by Gasteiger charge is 2.22. The Bertz CT molecular complexity index is 1400. The first-order chi connectivity index (χ1) is 15.7. The Kier molecular flexibility index (Phi) is 6.06. The number of hydrogen-bond acceptors (Lipinski definition) is 6. The van der Waals surface area contributed by atoms with Gasteiger partial charge >= 0.3 is 0 Å². The SMILES string of the molecule is Cc1cc(NC(=O)C(C)Oc2ccc(N(C)S(=O)(=O)c3ccc4ccccc4c3)cc2)no1. The number of carbonyl (C=O) groups is 1. The van der Waals surface area contributed by atoms with E-state index in [4.69, 9.17) is 9.26 Å². The van der Waals surface area contributed by atoms with E-state index in [-0.39, 0.29) is 10.8 Å². The quantitative estimate of drug-likeness (QED) is 0.435. The lowest BCUT2D eigenvalue weighted by atomic mass is 10.1. The van der Waals surface area contributed by atoms with Crippen molar-refractivity contribution >= 4 is 38.2 Å². The van der Waals surface area contributed by atoms with Crippen molar-refractivity contribution in [2.24, 2.45) is 0 Å². The molecule has 1 heterocycles. The van der Waals surface area contributed by atoms with E-state index in [1.165, 1.54) is 11.4 Å². The van der Waals surface area contributed by atoms with Gasteiger partial charge in [-0.2, -0.15) is 0 Å². The van der Waals surface area contributed by atoms with E-state index in [2.05, 4.69) is 10.5 Å². The molecule has 0 aliphatic rings. The molecule has 33 heavy (non-hydrogen) atoms. The third-order valence-electron chi connectivity index (χ3n) is 5.14. The number of hydrogen-bond donors (Lipinski definition) is 1. The van der Waals surface area contributed by atoms with Crippen molar-refractivity contribution in [2.45, 2.75) is 24.8 Å². The molecule has 1 atom stereocenters. The molecule has 4 rings (SSSR count). The lowest BCUT2D eigenvalue weighted by Gasteiger charge is -2.20. The number of aromatic nitrogens is 1. The van der Waals surface area contributed by atoms with Gasteiger partial charge in [0.25, 0.3) is 15.9 Å². The van der Waals surface area contributed by atoms with Crippen LogP contribution < -0.4 is 14.4 Å². The van der Waals surface area contributed by atoms with Gasteiger partial charge in [0.15, 0.2) is 11.9 Å². The molecule has 0 fully saturated rings. The standard InChI is InChI=1S/C24H23N3O5S/c1-16-14-23(26-32-16)25-24(28)17(2)31-21-11-9-20(10-12-21)27(3)33(29,30)22-13-8-18-6-4-5-7-19(18)15-22/h4-15,17H,1-3H3,(H,25,26,28). The third kappa shape index (κ3) is 4.83. The second-order valence-electron chi connectivity index (χ2n) is 7.55. The summed E-state index contributed by atoms with van der Waals surface area (Å²) in [4.78, 5) is 12.5. The molecule has 1 unspecified atom stereocenters. The van der Waals surface area contributed by atoms with E-state index in [1.807, 2.05) is 24.3 Å². The van der Waals surface area contributed by atoms with E-state index in [9.17, 15) is 13.2 Å². The first-order valence-electron chi connectivity index (χ1n) is 10.2. The fraction of sp³-hybridized carbons (Fsp3) is 0.167. The van der Waals surface area contributed by atoms with Crippen LogP contribution in [0.3, 0.4) is 0 Å². The van der Waals surface area contributed by atoms with Crippen molar-refractivity contribution in [2.75, 3.05) is 16.7 Å². The van der Waals surface area contributed by atoms with Crippen molar-refractivity contribution in [1.29, 1.82) is 0 Å². The molecule has 1 N–H and O–H groups in total. The second kappa shape index (κ2) is 8.95. The van der Waals surface area contributed by atoms with E-state index in [1.54, 1.807) is 62.4 Å². The van der Waals surface area contributed by atoms with Crippen LogP contribution in [0.15, 0.2) is 82.2 Å². The summed E-state index contributed by atoms with van der Waals surface area (Å²) in [7, 11) is -2.26. The Morgan fingerprint density at radius 3 is 2.39 bits per heavy atom. The van der Waals surface area contributed by atoms with Gasteiger partial charge in [-0.05, 0) is 61.0 Å². The number of nitrogens with zero attached hydrogens (tertiary/aromatic N) is 2. The number of aryl methyl sites for hydroxylation is 1. The average Bonchev–Trinajstić information content (AvgIpc) is 3.23. The number of anilines is 2. The molecule has 170 valence electrons. The van der Waals surface area contributed by atoms with E-state index >= 15 is 0 Å². The summed E-state index contributed by atoms with van der Waals surface area (Å²) in [6, 6.07) is 20.7. The summed E-state index contributed by atoms with van der Waals surface area (Å²) in [6.45, 7) is 3.33. The first-order valence-corrected chi connectivity index (χ1v) is 11.7. The molecule has 0 saturated carbocycles. The lowest BCUT2D eigenvalue weighted by molar-refractivity contribution is -0.122. The number of fused-ring (bicyclic) bond motifs is 1. The van der Waals surface area contributed by atoms with Crippen molar-refractivity contribution in [3.8, 4) is 5.75 Å². The minimum absolute atomic E-state index is 0.206. The fourth-order valence-corrected chi connectivity index (χ4v) is 4.50. The van der Waals surface area contributed by atoms with Crippen molar-refractivity contribution in [3.63, 3.8) is 0 Å². The van der Waals surface area contributed by atoms with Crippen LogP contribution in [0.5, 0.6) is 5.75 Å². The van der Waals surface area contributed by atoms with Gasteiger partial charge in [-0.3, -0.25) is 9.10 Å². The van der Waals surface area contributed by atoms with Gasteiger partial charge < -0.3 is 14.6 Å². The topological polar surface area (TPSA) is 102 Å². The number of nitrogens with one attached hydrogen (secondary N) is 1. The number of amides is 1. The molecule has 9 heteroatoms. The average molecular weight is 466 g/mol. The van der Waals surface area contributed by atoms with Crippen LogP contribution in [0.4, 0.5) is 11.5 Å². The molecule has 0 aliphatic heterocycles. The highest BCUT2D eigenvalue weighted by atomic mass is 32.2. The Hall–Kier alpha value is -3.85. The van der Waals surface area contributed by atoms with Gasteiger partial charge in [-0.25, -0.2) is 8.42 Å². The first kappa shape index (κ1) is 22.3. The molecule has 0 spiro atoms. The van der Waals surface area contributed by atoms with E-state index < -0.39 is 16.1 Å². The normalized spacial score (nSPS) is 12.3. The molecule has 0 bridgehead atoms. The Morgan fingerprint density at radius 2 is 1.73 bits per heavy atom. The number of benzene rings is 3. The minimum Gasteiger partial charge on any atom is -0.481 e. The van der Waals surface area contributed by atoms with Gasteiger partial charge in [0.2, 0.25) is 0 Å². The molecular formula is C24H23N3O5S.